The van der Waals surface area contributed by atoms with E-state index in [4.69, 9.17) is 10.2 Å². The number of nitrogens with one attached hydrogen (secondary N) is 2. The van der Waals surface area contributed by atoms with Crippen LogP contribution in [-0.2, 0) is 9.59 Å². The van der Waals surface area contributed by atoms with Crippen molar-refractivity contribution in [1.82, 2.24) is 0 Å². The molecule has 2 aromatic rings. The van der Waals surface area contributed by atoms with Crippen LogP contribution in [0.4, 0.5) is 11.4 Å². The maximum Gasteiger partial charge on any atom is 0.248 e. The number of hydrogen-bond donors (Lipinski definition) is 4. The summed E-state index contributed by atoms with van der Waals surface area (Å²) in [7, 11) is 0. The van der Waals surface area contributed by atoms with E-state index in [1.165, 1.54) is 43.5 Å². The fraction of sp³-hybridized carbons (Fsp3) is 0.125. The zero-order valence-electron chi connectivity index (χ0n) is 12.4. The number of anilines is 2. The third-order valence-corrected chi connectivity index (χ3v) is 2.88. The van der Waals surface area contributed by atoms with Gasteiger partial charge in [0.15, 0.2) is 0 Å². The van der Waals surface area contributed by atoms with Crippen LogP contribution in [0.2, 0.25) is 0 Å². The van der Waals surface area contributed by atoms with Gasteiger partial charge in [0, 0.05) is 11.8 Å². The van der Waals surface area contributed by atoms with Gasteiger partial charge in [-0.05, 0) is 43.3 Å². The van der Waals surface area contributed by atoms with Gasteiger partial charge in [0.25, 0.3) is 0 Å². The van der Waals surface area contributed by atoms with Gasteiger partial charge in [-0.3, -0.25) is 9.59 Å². The van der Waals surface area contributed by atoms with Gasteiger partial charge >= 0.3 is 0 Å². The van der Waals surface area contributed by atoms with E-state index in [0.717, 1.165) is 0 Å². The summed E-state index contributed by atoms with van der Waals surface area (Å²) in [6.45, 7) is 1.53. The number of phenols is 1. The number of carbonyl (C=O) groups excluding carboxylic acids is 2. The van der Waals surface area contributed by atoms with Gasteiger partial charge in [-0.2, -0.15) is 0 Å². The predicted octanol–water partition coefficient (Wildman–Crippen LogP) is 1.92. The zero-order chi connectivity index (χ0) is 16.8. The van der Waals surface area contributed by atoms with Crippen molar-refractivity contribution in [3.8, 4) is 5.75 Å². The molecule has 120 valence electrons. The Hall–Kier alpha value is -3.06. The second-order valence-electron chi connectivity index (χ2n) is 4.85. The maximum absolute atomic E-state index is 11.8. The molecule has 0 fully saturated rings. The molecule has 1 heterocycles. The minimum absolute atomic E-state index is 0.122. The SMILES string of the molecule is C[C@H](N)C(=O)Nc1cc(NC(=O)/C=C/c2ccco2)ccc1O. The van der Waals surface area contributed by atoms with Gasteiger partial charge < -0.3 is 25.9 Å². The van der Waals surface area contributed by atoms with Gasteiger partial charge in [0.1, 0.15) is 11.5 Å². The molecule has 1 atom stereocenters. The Labute approximate surface area is 132 Å². The number of carbonyl (C=O) groups is 2. The van der Waals surface area contributed by atoms with E-state index >= 15 is 0 Å². The molecule has 7 nitrogen and oxygen atoms in total. The van der Waals surface area contributed by atoms with E-state index in [2.05, 4.69) is 10.6 Å². The quantitative estimate of drug-likeness (QED) is 0.382. The van der Waals surface area contributed by atoms with Crippen LogP contribution >= 0.6 is 0 Å². The molecule has 23 heavy (non-hydrogen) atoms. The molecule has 0 radical (unpaired) electrons. The largest absolute Gasteiger partial charge is 0.506 e. The smallest absolute Gasteiger partial charge is 0.248 e. The van der Waals surface area contributed by atoms with Gasteiger partial charge in [0.05, 0.1) is 18.0 Å². The molecular weight excluding hydrogens is 298 g/mol. The lowest BCUT2D eigenvalue weighted by molar-refractivity contribution is -0.117. The maximum atomic E-state index is 11.8. The van der Waals surface area contributed by atoms with Crippen LogP contribution in [0, 0.1) is 0 Å². The highest BCUT2D eigenvalue weighted by atomic mass is 16.3. The number of amides is 2. The summed E-state index contributed by atoms with van der Waals surface area (Å²) in [5, 5.41) is 14.8. The Kier molecular flexibility index (Phi) is 5.16. The predicted molar refractivity (Wildman–Crippen MR) is 86.8 cm³/mol. The Morgan fingerprint density at radius 1 is 1.30 bits per heavy atom. The summed E-state index contributed by atoms with van der Waals surface area (Å²) >= 11 is 0. The average molecular weight is 315 g/mol. The molecule has 1 aromatic heterocycles. The van der Waals surface area contributed by atoms with Crippen LogP contribution in [0.25, 0.3) is 6.08 Å². The lowest BCUT2D eigenvalue weighted by atomic mass is 10.2. The summed E-state index contributed by atoms with van der Waals surface area (Å²) in [6.07, 6.45) is 4.34. The number of nitrogens with two attached hydrogens (primary N) is 1. The van der Waals surface area contributed by atoms with Crippen LogP contribution < -0.4 is 16.4 Å². The fourth-order valence-corrected chi connectivity index (χ4v) is 1.69. The molecule has 7 heteroatoms. The Morgan fingerprint density at radius 2 is 2.09 bits per heavy atom. The van der Waals surface area contributed by atoms with Crippen molar-refractivity contribution >= 4 is 29.3 Å². The first-order valence-electron chi connectivity index (χ1n) is 6.88. The Balaban J connectivity index is 2.05. The van der Waals surface area contributed by atoms with Crippen molar-refractivity contribution in [2.75, 3.05) is 10.6 Å². The van der Waals surface area contributed by atoms with Crippen LogP contribution in [0.5, 0.6) is 5.75 Å². The molecule has 1 aromatic carbocycles. The highest BCUT2D eigenvalue weighted by Crippen LogP contribution is 2.26. The molecule has 0 saturated carbocycles. The van der Waals surface area contributed by atoms with Crippen LogP contribution in [-0.4, -0.2) is 23.0 Å². The Morgan fingerprint density at radius 3 is 2.74 bits per heavy atom. The average Bonchev–Trinajstić information content (AvgIpc) is 3.02. The molecule has 0 aliphatic carbocycles. The summed E-state index contributed by atoms with van der Waals surface area (Å²) < 4.78 is 5.08. The van der Waals surface area contributed by atoms with Crippen molar-refractivity contribution in [2.24, 2.45) is 5.73 Å². The summed E-state index contributed by atoms with van der Waals surface area (Å²) in [5.74, 6) is -0.392. The van der Waals surface area contributed by atoms with Gasteiger partial charge in [-0.15, -0.1) is 0 Å². The molecule has 0 aliphatic heterocycles. The number of phenolic OH excluding ortho intramolecular Hbond substituents is 1. The Bertz CT molecular complexity index is 721. The molecule has 2 amide bonds. The first-order valence-corrected chi connectivity index (χ1v) is 6.88. The number of benzene rings is 1. The second kappa shape index (κ2) is 7.28. The van der Waals surface area contributed by atoms with Gasteiger partial charge in [0.2, 0.25) is 11.8 Å². The molecule has 0 bridgehead atoms. The first kappa shape index (κ1) is 16.3. The fourth-order valence-electron chi connectivity index (χ4n) is 1.69. The van der Waals surface area contributed by atoms with Crippen molar-refractivity contribution in [1.29, 1.82) is 0 Å². The number of hydrogen-bond acceptors (Lipinski definition) is 5. The third kappa shape index (κ3) is 4.72. The number of rotatable bonds is 5. The summed E-state index contributed by atoms with van der Waals surface area (Å²) in [4.78, 5) is 23.4. The standard InChI is InChI=1S/C16H17N3O4/c1-10(17)16(22)19-13-9-11(4-6-14(13)20)18-15(21)7-5-12-3-2-8-23-12/h2-10,20H,17H2,1H3,(H,18,21)(H,19,22)/b7-5+/t10-/m0/s1. The molecule has 2 rings (SSSR count). The van der Waals surface area contributed by atoms with E-state index in [9.17, 15) is 14.7 Å². The van der Waals surface area contributed by atoms with E-state index in [1.54, 1.807) is 12.1 Å². The van der Waals surface area contributed by atoms with Gasteiger partial charge in [-0.1, -0.05) is 0 Å². The van der Waals surface area contributed by atoms with Crippen molar-refractivity contribution in [3.63, 3.8) is 0 Å². The van der Waals surface area contributed by atoms with E-state index in [-0.39, 0.29) is 17.3 Å². The zero-order valence-corrected chi connectivity index (χ0v) is 12.4. The van der Waals surface area contributed by atoms with Crippen molar-refractivity contribution < 1.29 is 19.1 Å². The van der Waals surface area contributed by atoms with E-state index in [0.29, 0.717) is 11.4 Å². The molecule has 0 unspecified atom stereocenters. The minimum atomic E-state index is -0.719. The molecule has 0 aliphatic rings. The number of furan rings is 1. The number of aromatic hydroxyl groups is 1. The second-order valence-corrected chi connectivity index (χ2v) is 4.85. The van der Waals surface area contributed by atoms with Crippen LogP contribution in [0.3, 0.4) is 0 Å². The normalized spacial score (nSPS) is 12.1. The van der Waals surface area contributed by atoms with Crippen LogP contribution in [0.15, 0.2) is 47.1 Å². The highest BCUT2D eigenvalue weighted by molar-refractivity contribution is 6.02. The molecule has 5 N–H and O–H groups in total. The first-order chi connectivity index (χ1) is 11.0. The van der Waals surface area contributed by atoms with Crippen molar-refractivity contribution in [2.45, 2.75) is 13.0 Å². The summed E-state index contributed by atoms with van der Waals surface area (Å²) in [6, 6.07) is 7.02. The summed E-state index contributed by atoms with van der Waals surface area (Å²) in [5.41, 5.74) is 6.04. The molecule has 0 saturated heterocycles. The van der Waals surface area contributed by atoms with Gasteiger partial charge in [-0.25, -0.2) is 0 Å². The van der Waals surface area contributed by atoms with E-state index in [1.807, 2.05) is 0 Å². The van der Waals surface area contributed by atoms with E-state index < -0.39 is 11.9 Å². The molecule has 0 spiro atoms. The highest BCUT2D eigenvalue weighted by Gasteiger charge is 2.11. The minimum Gasteiger partial charge on any atom is -0.506 e. The topological polar surface area (TPSA) is 118 Å². The van der Waals surface area contributed by atoms with Crippen molar-refractivity contribution in [3.05, 3.63) is 48.4 Å². The third-order valence-electron chi connectivity index (χ3n) is 2.88. The van der Waals surface area contributed by atoms with Crippen LogP contribution in [0.1, 0.15) is 12.7 Å². The monoisotopic (exact) mass is 315 g/mol. The lowest BCUT2D eigenvalue weighted by Gasteiger charge is -2.11. The molecular formula is C16H17N3O4. The lowest BCUT2D eigenvalue weighted by Crippen LogP contribution is -2.32.